The molecule has 132 valence electrons. The second-order valence-electron chi connectivity index (χ2n) is 7.72. The van der Waals surface area contributed by atoms with Gasteiger partial charge in [-0.2, -0.15) is 0 Å². The summed E-state index contributed by atoms with van der Waals surface area (Å²) in [7, 11) is 0. The molecule has 3 nitrogen and oxygen atoms in total. The van der Waals surface area contributed by atoms with Crippen LogP contribution in [0.1, 0.15) is 50.3 Å². The zero-order chi connectivity index (χ0) is 17.9. The van der Waals surface area contributed by atoms with E-state index in [0.29, 0.717) is 5.92 Å². The average molecular weight is 394 g/mol. The number of carbonyl (C=O) groups is 1. The lowest BCUT2D eigenvalue weighted by atomic mass is 9.96. The van der Waals surface area contributed by atoms with Crippen molar-refractivity contribution in [2.45, 2.75) is 47.5 Å². The lowest BCUT2D eigenvalue weighted by Gasteiger charge is -2.31. The lowest BCUT2D eigenvalue weighted by molar-refractivity contribution is -0.205. The van der Waals surface area contributed by atoms with Crippen LogP contribution >= 0.6 is 15.9 Å². The fraction of sp³-hybridized carbons (Fsp3) is 0.550. The van der Waals surface area contributed by atoms with Gasteiger partial charge in [0.15, 0.2) is 0 Å². The number of halogens is 1. The van der Waals surface area contributed by atoms with E-state index in [1.54, 1.807) is 0 Å². The van der Waals surface area contributed by atoms with Gasteiger partial charge in [-0.15, -0.1) is 5.06 Å². The van der Waals surface area contributed by atoms with Crippen LogP contribution in [0, 0.1) is 25.2 Å². The molecule has 0 amide bonds. The van der Waals surface area contributed by atoms with Crippen LogP contribution in [0.4, 0.5) is 0 Å². The first-order valence-corrected chi connectivity index (χ1v) is 9.38. The highest BCUT2D eigenvalue weighted by Crippen LogP contribution is 2.25. The SMILES string of the molecule is Cc1cc(/C=C/C2CCN(OC(=O)C(C)(C)C)CC2)cc(C)c1Br. The number of benzene rings is 1. The first-order valence-electron chi connectivity index (χ1n) is 8.59. The predicted molar refractivity (Wildman–Crippen MR) is 102 cm³/mol. The van der Waals surface area contributed by atoms with Crippen LogP contribution in [0.5, 0.6) is 0 Å². The van der Waals surface area contributed by atoms with Gasteiger partial charge < -0.3 is 4.84 Å². The van der Waals surface area contributed by atoms with Crippen molar-refractivity contribution in [1.29, 1.82) is 0 Å². The third-order valence-electron chi connectivity index (χ3n) is 4.34. The Morgan fingerprint density at radius 2 is 1.75 bits per heavy atom. The van der Waals surface area contributed by atoms with Gasteiger partial charge in [-0.1, -0.05) is 40.2 Å². The van der Waals surface area contributed by atoms with E-state index in [-0.39, 0.29) is 5.97 Å². The minimum atomic E-state index is -0.450. The molecule has 1 aromatic carbocycles. The van der Waals surface area contributed by atoms with Crippen LogP contribution in [0.15, 0.2) is 22.7 Å². The molecule has 0 radical (unpaired) electrons. The van der Waals surface area contributed by atoms with Crippen LogP contribution in [0.25, 0.3) is 6.08 Å². The summed E-state index contributed by atoms with van der Waals surface area (Å²) in [6, 6.07) is 4.40. The van der Waals surface area contributed by atoms with Gasteiger partial charge in [0.2, 0.25) is 0 Å². The molecule has 4 heteroatoms. The van der Waals surface area contributed by atoms with E-state index in [2.05, 4.69) is 54.1 Å². The van der Waals surface area contributed by atoms with Gasteiger partial charge in [0.25, 0.3) is 0 Å². The summed E-state index contributed by atoms with van der Waals surface area (Å²) in [5.74, 6) is 0.385. The van der Waals surface area contributed by atoms with Gasteiger partial charge >= 0.3 is 5.97 Å². The molecule has 1 aliphatic heterocycles. The van der Waals surface area contributed by atoms with E-state index in [4.69, 9.17) is 4.84 Å². The Hall–Kier alpha value is -1.13. The number of piperidine rings is 1. The molecule has 0 aliphatic carbocycles. The van der Waals surface area contributed by atoms with Crippen molar-refractivity contribution >= 4 is 28.0 Å². The molecule has 24 heavy (non-hydrogen) atoms. The molecule has 0 unspecified atom stereocenters. The number of nitrogens with zero attached hydrogens (tertiary/aromatic N) is 1. The lowest BCUT2D eigenvalue weighted by Crippen LogP contribution is -2.38. The highest BCUT2D eigenvalue weighted by Gasteiger charge is 2.27. The van der Waals surface area contributed by atoms with Crippen LogP contribution in [0.2, 0.25) is 0 Å². The fourth-order valence-electron chi connectivity index (χ4n) is 2.74. The van der Waals surface area contributed by atoms with Crippen molar-refractivity contribution in [3.63, 3.8) is 0 Å². The summed E-state index contributed by atoms with van der Waals surface area (Å²) in [5, 5.41) is 1.81. The van der Waals surface area contributed by atoms with Crippen molar-refractivity contribution in [3.8, 4) is 0 Å². The third-order valence-corrected chi connectivity index (χ3v) is 5.59. The second kappa shape index (κ2) is 7.83. The topological polar surface area (TPSA) is 29.5 Å². The van der Waals surface area contributed by atoms with Crippen LogP contribution in [0.3, 0.4) is 0 Å². The van der Waals surface area contributed by atoms with Gasteiger partial charge in [-0.3, -0.25) is 0 Å². The highest BCUT2D eigenvalue weighted by molar-refractivity contribution is 9.10. The molecule has 0 spiro atoms. The normalized spacial score (nSPS) is 17.4. The molecule has 2 rings (SSSR count). The summed E-state index contributed by atoms with van der Waals surface area (Å²) in [6.45, 7) is 11.5. The number of carbonyl (C=O) groups excluding carboxylic acids is 1. The molecule has 0 atom stereocenters. The maximum atomic E-state index is 11.9. The summed E-state index contributed by atoms with van der Waals surface area (Å²) in [4.78, 5) is 17.4. The monoisotopic (exact) mass is 393 g/mol. The van der Waals surface area contributed by atoms with Gasteiger partial charge in [0.05, 0.1) is 5.41 Å². The molecule has 1 aliphatic rings. The van der Waals surface area contributed by atoms with E-state index in [1.165, 1.54) is 21.2 Å². The van der Waals surface area contributed by atoms with Gasteiger partial charge in [0.1, 0.15) is 0 Å². The Bertz CT molecular complexity index is 600. The summed E-state index contributed by atoms with van der Waals surface area (Å²) >= 11 is 3.61. The van der Waals surface area contributed by atoms with E-state index in [9.17, 15) is 4.79 Å². The molecular weight excluding hydrogens is 366 g/mol. The molecule has 0 bridgehead atoms. The predicted octanol–water partition coefficient (Wildman–Crippen LogP) is 5.30. The Balaban J connectivity index is 1.88. The van der Waals surface area contributed by atoms with E-state index in [1.807, 2.05) is 25.8 Å². The first-order chi connectivity index (χ1) is 11.2. The van der Waals surface area contributed by atoms with E-state index in [0.717, 1.165) is 25.9 Å². The first kappa shape index (κ1) is 19.2. The van der Waals surface area contributed by atoms with E-state index >= 15 is 0 Å². The van der Waals surface area contributed by atoms with Gasteiger partial charge in [0, 0.05) is 17.6 Å². The Kier molecular flexibility index (Phi) is 6.27. The summed E-state index contributed by atoms with van der Waals surface area (Å²) in [6.07, 6.45) is 6.55. The number of hydroxylamine groups is 2. The minimum absolute atomic E-state index is 0.155. The molecule has 1 fully saturated rings. The van der Waals surface area contributed by atoms with Crippen LogP contribution in [-0.2, 0) is 9.63 Å². The molecule has 1 aromatic rings. The van der Waals surface area contributed by atoms with Gasteiger partial charge in [-0.05, 0) is 70.1 Å². The molecule has 0 aromatic heterocycles. The minimum Gasteiger partial charge on any atom is -0.367 e. The summed E-state index contributed by atoms with van der Waals surface area (Å²) in [5.41, 5.74) is 3.32. The zero-order valence-electron chi connectivity index (χ0n) is 15.4. The molecule has 1 saturated heterocycles. The summed E-state index contributed by atoms with van der Waals surface area (Å²) < 4.78 is 1.19. The smallest absolute Gasteiger partial charge is 0.330 e. The van der Waals surface area contributed by atoms with Crippen LogP contribution < -0.4 is 0 Å². The Labute approximate surface area is 154 Å². The molecule has 0 N–H and O–H groups in total. The standard InChI is InChI=1S/C20H28BrNO2/c1-14-12-17(13-15(2)18(14)21)7-6-16-8-10-22(11-9-16)24-19(23)20(3,4)5/h6-7,12-13,16H,8-11H2,1-5H3/b7-6+. The van der Waals surface area contributed by atoms with Crippen molar-refractivity contribution in [3.05, 3.63) is 39.4 Å². The van der Waals surface area contributed by atoms with E-state index < -0.39 is 5.41 Å². The quantitative estimate of drug-likeness (QED) is 0.697. The number of aryl methyl sites for hydroxylation is 2. The maximum Gasteiger partial charge on any atom is 0.330 e. The molecular formula is C20H28BrNO2. The molecule has 1 heterocycles. The number of hydrogen-bond donors (Lipinski definition) is 0. The van der Waals surface area contributed by atoms with Crippen molar-refractivity contribution < 1.29 is 9.63 Å². The number of rotatable bonds is 3. The number of hydrogen-bond acceptors (Lipinski definition) is 3. The average Bonchev–Trinajstić information content (AvgIpc) is 2.51. The van der Waals surface area contributed by atoms with Crippen molar-refractivity contribution in [2.75, 3.05) is 13.1 Å². The highest BCUT2D eigenvalue weighted by atomic mass is 79.9. The maximum absolute atomic E-state index is 11.9. The fourth-order valence-corrected chi connectivity index (χ4v) is 2.97. The molecule has 0 saturated carbocycles. The van der Waals surface area contributed by atoms with Crippen molar-refractivity contribution in [1.82, 2.24) is 5.06 Å². The second-order valence-corrected chi connectivity index (χ2v) is 8.52. The van der Waals surface area contributed by atoms with Crippen LogP contribution in [-0.4, -0.2) is 24.1 Å². The zero-order valence-corrected chi connectivity index (χ0v) is 16.9. The van der Waals surface area contributed by atoms with Gasteiger partial charge in [-0.25, -0.2) is 4.79 Å². The number of allylic oxidation sites excluding steroid dienone is 1. The Morgan fingerprint density at radius 3 is 2.25 bits per heavy atom. The third kappa shape index (κ3) is 5.18. The largest absolute Gasteiger partial charge is 0.367 e. The Morgan fingerprint density at radius 1 is 1.21 bits per heavy atom. The van der Waals surface area contributed by atoms with Crippen molar-refractivity contribution in [2.24, 2.45) is 11.3 Å².